The van der Waals surface area contributed by atoms with E-state index in [1.54, 1.807) is 0 Å². The van der Waals surface area contributed by atoms with E-state index in [0.29, 0.717) is 24.7 Å². The van der Waals surface area contributed by atoms with Crippen molar-refractivity contribution >= 4 is 0 Å². The summed E-state index contributed by atoms with van der Waals surface area (Å²) >= 11 is 0. The molecule has 0 fully saturated rings. The summed E-state index contributed by atoms with van der Waals surface area (Å²) in [4.78, 5) is 4.28. The van der Waals surface area contributed by atoms with E-state index in [0.717, 1.165) is 12.8 Å². The van der Waals surface area contributed by atoms with Crippen LogP contribution in [0.3, 0.4) is 0 Å². The van der Waals surface area contributed by atoms with Crippen LogP contribution in [0, 0.1) is 17.2 Å². The predicted octanol–water partition coefficient (Wildman–Crippen LogP) is 2.65. The summed E-state index contributed by atoms with van der Waals surface area (Å²) < 4.78 is 10.7. The van der Waals surface area contributed by atoms with Crippen LogP contribution in [0.1, 0.15) is 51.4 Å². The molecule has 5 nitrogen and oxygen atoms in total. The Hall–Kier alpha value is -1.41. The second-order valence-electron chi connectivity index (χ2n) is 4.01. The quantitative estimate of drug-likeness (QED) is 0.729. The summed E-state index contributed by atoms with van der Waals surface area (Å²) in [5.74, 6) is 0.990. The highest BCUT2D eigenvalue weighted by molar-refractivity contribution is 4.95. The van der Waals surface area contributed by atoms with Gasteiger partial charge in [0.25, 0.3) is 0 Å². The molecule has 1 heterocycles. The van der Waals surface area contributed by atoms with Gasteiger partial charge in [-0.05, 0) is 20.3 Å². The molecule has 0 bridgehead atoms. The molecule has 0 saturated carbocycles. The highest BCUT2D eigenvalue weighted by atomic mass is 16.5. The lowest BCUT2D eigenvalue weighted by atomic mass is 10.1. The molecule has 94 valence electrons. The Morgan fingerprint density at radius 3 is 2.82 bits per heavy atom. The van der Waals surface area contributed by atoms with Crippen molar-refractivity contribution in [2.45, 2.75) is 46.1 Å². The highest BCUT2D eigenvalue weighted by Gasteiger charge is 2.18. The molecule has 5 heteroatoms. The van der Waals surface area contributed by atoms with Gasteiger partial charge in [-0.2, -0.15) is 10.2 Å². The first-order chi connectivity index (χ1) is 8.21. The first kappa shape index (κ1) is 13.7. The van der Waals surface area contributed by atoms with Gasteiger partial charge in [0.1, 0.15) is 6.10 Å². The summed E-state index contributed by atoms with van der Waals surface area (Å²) in [6.45, 7) is 6.49. The summed E-state index contributed by atoms with van der Waals surface area (Å²) in [6, 6.07) is 2.14. The number of aromatic nitrogens is 2. The molecule has 0 aliphatic rings. The zero-order valence-electron chi connectivity index (χ0n) is 10.6. The molecule has 17 heavy (non-hydrogen) atoms. The van der Waals surface area contributed by atoms with Crippen molar-refractivity contribution in [3.63, 3.8) is 0 Å². The number of hydrogen-bond acceptors (Lipinski definition) is 5. The summed E-state index contributed by atoms with van der Waals surface area (Å²) in [5.41, 5.74) is 0. The summed E-state index contributed by atoms with van der Waals surface area (Å²) in [7, 11) is 0. The van der Waals surface area contributed by atoms with Gasteiger partial charge in [0.15, 0.2) is 0 Å². The maximum Gasteiger partial charge on any atom is 0.228 e. The molecule has 0 aliphatic carbocycles. The average molecular weight is 237 g/mol. The monoisotopic (exact) mass is 237 g/mol. The van der Waals surface area contributed by atoms with Crippen molar-refractivity contribution in [1.82, 2.24) is 10.1 Å². The van der Waals surface area contributed by atoms with Crippen molar-refractivity contribution in [3.05, 3.63) is 11.7 Å². The molecule has 0 aliphatic heterocycles. The van der Waals surface area contributed by atoms with Crippen molar-refractivity contribution in [2.75, 3.05) is 6.61 Å². The van der Waals surface area contributed by atoms with Gasteiger partial charge in [-0.1, -0.05) is 18.5 Å². The first-order valence-electron chi connectivity index (χ1n) is 6.04. The number of hydrogen-bond donors (Lipinski definition) is 0. The Balaban J connectivity index is 2.67. The Morgan fingerprint density at radius 1 is 1.47 bits per heavy atom. The highest BCUT2D eigenvalue weighted by Crippen LogP contribution is 2.20. The molecule has 0 N–H and O–H groups in total. The number of rotatable bonds is 7. The Labute approximate surface area is 102 Å². The van der Waals surface area contributed by atoms with Gasteiger partial charge in [0, 0.05) is 13.0 Å². The van der Waals surface area contributed by atoms with Crippen LogP contribution < -0.4 is 0 Å². The van der Waals surface area contributed by atoms with E-state index >= 15 is 0 Å². The smallest absolute Gasteiger partial charge is 0.228 e. The summed E-state index contributed by atoms with van der Waals surface area (Å²) in [6.07, 6.45) is 2.28. The third-order valence-corrected chi connectivity index (χ3v) is 2.39. The Bertz CT molecular complexity index is 364. The third-order valence-electron chi connectivity index (χ3n) is 2.39. The second kappa shape index (κ2) is 7.02. The van der Waals surface area contributed by atoms with Gasteiger partial charge in [-0.25, -0.2) is 0 Å². The minimum atomic E-state index is -0.111. The molecular formula is C12H19N3O2. The fraction of sp³-hybridized carbons (Fsp3) is 0.750. The second-order valence-corrected chi connectivity index (χ2v) is 4.01. The molecule has 0 radical (unpaired) electrons. The lowest BCUT2D eigenvalue weighted by Crippen LogP contribution is -2.06. The van der Waals surface area contributed by atoms with E-state index in [-0.39, 0.29) is 12.0 Å². The zero-order valence-corrected chi connectivity index (χ0v) is 10.6. The lowest BCUT2D eigenvalue weighted by molar-refractivity contribution is 0.0478. The van der Waals surface area contributed by atoms with Crippen LogP contribution in [-0.2, 0) is 11.2 Å². The first-order valence-corrected chi connectivity index (χ1v) is 6.04. The SMILES string of the molecule is CCCC(OCC)c1noc(CC(C)C#N)n1. The van der Waals surface area contributed by atoms with Gasteiger partial charge < -0.3 is 9.26 Å². The van der Waals surface area contributed by atoms with Crippen LogP contribution in [-0.4, -0.2) is 16.7 Å². The van der Waals surface area contributed by atoms with E-state index < -0.39 is 0 Å². The maximum atomic E-state index is 8.72. The third kappa shape index (κ3) is 4.16. The fourth-order valence-corrected chi connectivity index (χ4v) is 1.54. The van der Waals surface area contributed by atoms with Gasteiger partial charge in [-0.15, -0.1) is 0 Å². The molecule has 1 aromatic rings. The van der Waals surface area contributed by atoms with Crippen LogP contribution in [0.2, 0.25) is 0 Å². The van der Waals surface area contributed by atoms with Crippen LogP contribution in [0.25, 0.3) is 0 Å². The van der Waals surface area contributed by atoms with Crippen LogP contribution in [0.4, 0.5) is 0 Å². The molecule has 0 spiro atoms. The van der Waals surface area contributed by atoms with Gasteiger partial charge in [0.2, 0.25) is 11.7 Å². The topological polar surface area (TPSA) is 71.9 Å². The van der Waals surface area contributed by atoms with Crippen molar-refractivity contribution in [2.24, 2.45) is 5.92 Å². The van der Waals surface area contributed by atoms with E-state index in [1.807, 2.05) is 13.8 Å². The molecular weight excluding hydrogens is 218 g/mol. The molecule has 1 aromatic heterocycles. The minimum absolute atomic E-state index is 0.0973. The van der Waals surface area contributed by atoms with E-state index in [4.69, 9.17) is 14.5 Å². The predicted molar refractivity (Wildman–Crippen MR) is 62.1 cm³/mol. The molecule has 2 unspecified atom stereocenters. The van der Waals surface area contributed by atoms with Gasteiger partial charge in [-0.3, -0.25) is 0 Å². The summed E-state index contributed by atoms with van der Waals surface area (Å²) in [5, 5.41) is 12.6. The number of nitriles is 1. The van der Waals surface area contributed by atoms with E-state index in [9.17, 15) is 0 Å². The van der Waals surface area contributed by atoms with Gasteiger partial charge >= 0.3 is 0 Å². The van der Waals surface area contributed by atoms with Crippen LogP contribution >= 0.6 is 0 Å². The number of nitrogens with zero attached hydrogens (tertiary/aromatic N) is 3. The number of ether oxygens (including phenoxy) is 1. The van der Waals surface area contributed by atoms with Crippen molar-refractivity contribution in [3.8, 4) is 6.07 Å². The van der Waals surface area contributed by atoms with Crippen LogP contribution in [0.15, 0.2) is 4.52 Å². The largest absolute Gasteiger partial charge is 0.370 e. The van der Waals surface area contributed by atoms with Gasteiger partial charge in [0.05, 0.1) is 12.0 Å². The minimum Gasteiger partial charge on any atom is -0.370 e. The standard InChI is InChI=1S/C12H19N3O2/c1-4-6-10(16-5-2)12-14-11(17-15-12)7-9(3)8-13/h9-10H,4-7H2,1-3H3. The normalized spacial score (nSPS) is 14.2. The molecule has 0 saturated heterocycles. The Morgan fingerprint density at radius 2 is 2.24 bits per heavy atom. The Kier molecular flexibility index (Phi) is 5.64. The average Bonchev–Trinajstić information content (AvgIpc) is 2.77. The zero-order chi connectivity index (χ0) is 12.7. The molecule has 2 atom stereocenters. The fourth-order valence-electron chi connectivity index (χ4n) is 1.54. The lowest BCUT2D eigenvalue weighted by Gasteiger charge is -2.11. The van der Waals surface area contributed by atoms with E-state index in [2.05, 4.69) is 23.1 Å². The van der Waals surface area contributed by atoms with Crippen molar-refractivity contribution in [1.29, 1.82) is 5.26 Å². The van der Waals surface area contributed by atoms with E-state index in [1.165, 1.54) is 0 Å². The molecule has 0 amide bonds. The molecule has 0 aromatic carbocycles. The van der Waals surface area contributed by atoms with Crippen molar-refractivity contribution < 1.29 is 9.26 Å². The van der Waals surface area contributed by atoms with Crippen LogP contribution in [0.5, 0.6) is 0 Å². The maximum absolute atomic E-state index is 8.72. The molecule has 1 rings (SSSR count).